The Balaban J connectivity index is 3.31. The predicted octanol–water partition coefficient (Wildman–Crippen LogP) is 1.18. The van der Waals surface area contributed by atoms with E-state index in [4.69, 9.17) is 11.5 Å². The van der Waals surface area contributed by atoms with Gasteiger partial charge in [0.1, 0.15) is 4.90 Å². The highest BCUT2D eigenvalue weighted by Gasteiger charge is 2.28. The second-order valence-electron chi connectivity index (χ2n) is 4.83. The fraction of sp³-hybridized carbons (Fsp3) is 0.462. The van der Waals surface area contributed by atoms with Crippen LogP contribution in [0.5, 0.6) is 0 Å². The van der Waals surface area contributed by atoms with Gasteiger partial charge >= 0.3 is 0 Å². The third-order valence-electron chi connectivity index (χ3n) is 2.90. The van der Waals surface area contributed by atoms with E-state index in [1.54, 1.807) is 13.8 Å². The first-order chi connectivity index (χ1) is 9.21. The van der Waals surface area contributed by atoms with Crippen LogP contribution in [0.15, 0.2) is 23.1 Å². The van der Waals surface area contributed by atoms with Crippen LogP contribution in [0.4, 0.5) is 5.69 Å². The number of anilines is 1. The number of nitrogen functional groups attached to an aromatic ring is 1. The number of carbonyl (C=O) groups is 1. The summed E-state index contributed by atoms with van der Waals surface area (Å²) in [4.78, 5) is 11.1. The van der Waals surface area contributed by atoms with Crippen molar-refractivity contribution in [1.29, 1.82) is 0 Å². The molecule has 0 aliphatic rings. The molecule has 1 amide bonds. The molecule has 0 bridgehead atoms. The van der Waals surface area contributed by atoms with Crippen LogP contribution in [0.3, 0.4) is 0 Å². The minimum atomic E-state index is -3.68. The number of hydrogen-bond acceptors (Lipinski definition) is 4. The normalized spacial score (nSPS) is 12.1. The van der Waals surface area contributed by atoms with Gasteiger partial charge in [-0.25, -0.2) is 8.42 Å². The number of hydrogen-bond donors (Lipinski definition) is 2. The zero-order valence-electron chi connectivity index (χ0n) is 12.0. The number of rotatable bonds is 6. The highest BCUT2D eigenvalue weighted by molar-refractivity contribution is 7.89. The molecule has 7 heteroatoms. The third-order valence-corrected chi connectivity index (χ3v) is 5.05. The van der Waals surface area contributed by atoms with E-state index in [-0.39, 0.29) is 22.2 Å². The summed E-state index contributed by atoms with van der Waals surface area (Å²) < 4.78 is 26.6. The maximum Gasteiger partial charge on any atom is 0.248 e. The van der Waals surface area contributed by atoms with E-state index in [1.165, 1.54) is 22.5 Å². The smallest absolute Gasteiger partial charge is 0.248 e. The van der Waals surface area contributed by atoms with Crippen molar-refractivity contribution in [1.82, 2.24) is 4.31 Å². The van der Waals surface area contributed by atoms with Gasteiger partial charge in [0.25, 0.3) is 0 Å². The van der Waals surface area contributed by atoms with Crippen LogP contribution in [0, 0.1) is 0 Å². The molecule has 1 rings (SSSR count). The fourth-order valence-electron chi connectivity index (χ4n) is 1.94. The summed E-state index contributed by atoms with van der Waals surface area (Å²) in [6.07, 6.45) is 0.705. The number of nitrogens with zero attached hydrogens (tertiary/aromatic N) is 1. The molecule has 0 unspecified atom stereocenters. The number of benzene rings is 1. The molecule has 0 spiro atoms. The van der Waals surface area contributed by atoms with Crippen LogP contribution in [-0.4, -0.2) is 31.2 Å². The van der Waals surface area contributed by atoms with Crippen molar-refractivity contribution in [3.05, 3.63) is 23.8 Å². The monoisotopic (exact) mass is 299 g/mol. The lowest BCUT2D eigenvalue weighted by Crippen LogP contribution is -2.37. The molecule has 0 heterocycles. The van der Waals surface area contributed by atoms with Gasteiger partial charge in [0.2, 0.25) is 15.9 Å². The minimum Gasteiger partial charge on any atom is -0.398 e. The second kappa shape index (κ2) is 6.23. The predicted molar refractivity (Wildman–Crippen MR) is 78.7 cm³/mol. The molecule has 0 radical (unpaired) electrons. The number of carbonyl (C=O) groups excluding carboxylic acids is 1. The minimum absolute atomic E-state index is 0.00431. The first kappa shape index (κ1) is 16.5. The summed E-state index contributed by atoms with van der Waals surface area (Å²) in [5, 5.41) is 0. The summed E-state index contributed by atoms with van der Waals surface area (Å²) in [5.74, 6) is -0.644. The largest absolute Gasteiger partial charge is 0.398 e. The highest BCUT2D eigenvalue weighted by Crippen LogP contribution is 2.25. The van der Waals surface area contributed by atoms with Crippen LogP contribution >= 0.6 is 0 Å². The first-order valence-electron chi connectivity index (χ1n) is 6.43. The van der Waals surface area contributed by atoms with Gasteiger partial charge in [0.05, 0.1) is 5.69 Å². The van der Waals surface area contributed by atoms with Crippen LogP contribution in [-0.2, 0) is 10.0 Å². The summed E-state index contributed by atoms with van der Waals surface area (Å²) in [6.45, 7) is 5.93. The third kappa shape index (κ3) is 3.29. The van der Waals surface area contributed by atoms with Crippen molar-refractivity contribution in [3.8, 4) is 0 Å². The lowest BCUT2D eigenvalue weighted by atomic mass is 10.2. The molecule has 0 atom stereocenters. The topological polar surface area (TPSA) is 106 Å². The second-order valence-corrected chi connectivity index (χ2v) is 6.69. The molecular formula is C13H21N3O3S. The quantitative estimate of drug-likeness (QED) is 0.769. The molecule has 1 aromatic rings. The standard InChI is InChI=1S/C13H21N3O3S/c1-4-7-16(9(2)3)20(18,19)12-6-5-10(13(15)17)8-11(12)14/h5-6,8-9H,4,7,14H2,1-3H3,(H2,15,17). The Morgan fingerprint density at radius 1 is 1.35 bits per heavy atom. The molecule has 0 saturated heterocycles. The Morgan fingerprint density at radius 2 is 1.95 bits per heavy atom. The summed E-state index contributed by atoms with van der Waals surface area (Å²) in [7, 11) is -3.68. The lowest BCUT2D eigenvalue weighted by molar-refractivity contribution is 0.1000. The van der Waals surface area contributed by atoms with Crippen LogP contribution < -0.4 is 11.5 Å². The van der Waals surface area contributed by atoms with E-state index in [9.17, 15) is 13.2 Å². The molecule has 1 aromatic carbocycles. The zero-order valence-corrected chi connectivity index (χ0v) is 12.8. The number of primary amides is 1. The summed E-state index contributed by atoms with van der Waals surface area (Å²) in [6, 6.07) is 3.82. The molecule has 6 nitrogen and oxygen atoms in total. The van der Waals surface area contributed by atoms with Crippen LogP contribution in [0.1, 0.15) is 37.6 Å². The van der Waals surface area contributed by atoms with Gasteiger partial charge in [0.15, 0.2) is 0 Å². The Morgan fingerprint density at radius 3 is 2.35 bits per heavy atom. The molecule has 4 N–H and O–H groups in total. The Bertz CT molecular complexity index is 597. The Labute approximate surface area is 119 Å². The van der Waals surface area contributed by atoms with Gasteiger partial charge in [-0.15, -0.1) is 0 Å². The Kier molecular flexibility index (Phi) is 5.13. The lowest BCUT2D eigenvalue weighted by Gasteiger charge is -2.26. The zero-order chi connectivity index (χ0) is 15.5. The molecule has 0 fully saturated rings. The fourth-order valence-corrected chi connectivity index (χ4v) is 3.77. The van der Waals surface area contributed by atoms with Crippen molar-refractivity contribution < 1.29 is 13.2 Å². The average Bonchev–Trinajstić information content (AvgIpc) is 2.34. The number of nitrogens with two attached hydrogens (primary N) is 2. The van der Waals surface area contributed by atoms with E-state index in [0.717, 1.165) is 0 Å². The molecule has 0 saturated carbocycles. The molecular weight excluding hydrogens is 278 g/mol. The van der Waals surface area contributed by atoms with Gasteiger partial charge in [0, 0.05) is 18.2 Å². The van der Waals surface area contributed by atoms with E-state index in [2.05, 4.69) is 0 Å². The molecule has 112 valence electrons. The van der Waals surface area contributed by atoms with Crippen LogP contribution in [0.25, 0.3) is 0 Å². The first-order valence-corrected chi connectivity index (χ1v) is 7.87. The van der Waals surface area contributed by atoms with E-state index >= 15 is 0 Å². The van der Waals surface area contributed by atoms with Crippen molar-refractivity contribution in [3.63, 3.8) is 0 Å². The highest BCUT2D eigenvalue weighted by atomic mass is 32.2. The summed E-state index contributed by atoms with van der Waals surface area (Å²) in [5.41, 5.74) is 11.1. The van der Waals surface area contributed by atoms with Gasteiger partial charge in [-0.05, 0) is 38.5 Å². The van der Waals surface area contributed by atoms with Gasteiger partial charge in [-0.1, -0.05) is 6.92 Å². The van der Waals surface area contributed by atoms with Gasteiger partial charge < -0.3 is 11.5 Å². The maximum atomic E-state index is 12.6. The number of amides is 1. The van der Waals surface area contributed by atoms with E-state index in [1.807, 2.05) is 6.92 Å². The van der Waals surface area contributed by atoms with E-state index < -0.39 is 15.9 Å². The molecule has 0 aliphatic heterocycles. The SMILES string of the molecule is CCCN(C(C)C)S(=O)(=O)c1ccc(C(N)=O)cc1N. The van der Waals surface area contributed by atoms with Crippen molar-refractivity contribution >= 4 is 21.6 Å². The Hall–Kier alpha value is -1.60. The number of sulfonamides is 1. The van der Waals surface area contributed by atoms with Crippen molar-refractivity contribution in [2.24, 2.45) is 5.73 Å². The average molecular weight is 299 g/mol. The van der Waals surface area contributed by atoms with Gasteiger partial charge in [-0.2, -0.15) is 4.31 Å². The van der Waals surface area contributed by atoms with Gasteiger partial charge in [-0.3, -0.25) is 4.79 Å². The maximum absolute atomic E-state index is 12.6. The van der Waals surface area contributed by atoms with Crippen molar-refractivity contribution in [2.75, 3.05) is 12.3 Å². The van der Waals surface area contributed by atoms with E-state index in [0.29, 0.717) is 13.0 Å². The molecule has 0 aromatic heterocycles. The molecule has 20 heavy (non-hydrogen) atoms. The molecule has 0 aliphatic carbocycles. The van der Waals surface area contributed by atoms with Crippen molar-refractivity contribution in [2.45, 2.75) is 38.1 Å². The summed E-state index contributed by atoms with van der Waals surface area (Å²) >= 11 is 0. The van der Waals surface area contributed by atoms with Crippen LogP contribution in [0.2, 0.25) is 0 Å².